The predicted molar refractivity (Wildman–Crippen MR) is 58.4 cm³/mol. The standard InChI is InChI=1S/C12H17NO2/c1-8-7-10(9(2)15-8)12(13)11-5-3-4-6-14-11/h5,7,12H,3-4,6,13H2,1-2H3. The SMILES string of the molecule is Cc1cc(C(N)C2=CCCCO2)c(C)o1. The van der Waals surface area contributed by atoms with Crippen molar-refractivity contribution in [2.75, 3.05) is 6.61 Å². The number of rotatable bonds is 2. The smallest absolute Gasteiger partial charge is 0.113 e. The van der Waals surface area contributed by atoms with Gasteiger partial charge in [-0.25, -0.2) is 0 Å². The van der Waals surface area contributed by atoms with Crippen molar-refractivity contribution in [3.63, 3.8) is 0 Å². The largest absolute Gasteiger partial charge is 0.496 e. The normalized spacial score (nSPS) is 18.2. The van der Waals surface area contributed by atoms with Crippen LogP contribution in [0, 0.1) is 13.8 Å². The van der Waals surface area contributed by atoms with E-state index in [1.54, 1.807) is 0 Å². The molecule has 15 heavy (non-hydrogen) atoms. The van der Waals surface area contributed by atoms with Crippen LogP contribution >= 0.6 is 0 Å². The second-order valence-corrected chi connectivity index (χ2v) is 3.94. The second kappa shape index (κ2) is 4.11. The van der Waals surface area contributed by atoms with Gasteiger partial charge in [-0.1, -0.05) is 0 Å². The molecule has 3 nitrogen and oxygen atoms in total. The molecule has 0 aliphatic carbocycles. The van der Waals surface area contributed by atoms with Gasteiger partial charge < -0.3 is 14.9 Å². The molecule has 1 aromatic heterocycles. The van der Waals surface area contributed by atoms with Crippen LogP contribution in [0.2, 0.25) is 0 Å². The van der Waals surface area contributed by atoms with Crippen molar-refractivity contribution in [3.8, 4) is 0 Å². The number of aryl methyl sites for hydroxylation is 2. The Morgan fingerprint density at radius 3 is 2.73 bits per heavy atom. The average molecular weight is 207 g/mol. The van der Waals surface area contributed by atoms with E-state index in [4.69, 9.17) is 14.9 Å². The Balaban J connectivity index is 2.23. The summed E-state index contributed by atoms with van der Waals surface area (Å²) in [6, 6.07) is 1.81. The molecule has 0 saturated heterocycles. The zero-order chi connectivity index (χ0) is 10.8. The molecular weight excluding hydrogens is 190 g/mol. The number of hydrogen-bond acceptors (Lipinski definition) is 3. The lowest BCUT2D eigenvalue weighted by molar-refractivity contribution is 0.175. The molecule has 3 heteroatoms. The summed E-state index contributed by atoms with van der Waals surface area (Å²) in [5.41, 5.74) is 7.16. The van der Waals surface area contributed by atoms with Crippen molar-refractivity contribution in [1.82, 2.24) is 0 Å². The van der Waals surface area contributed by atoms with Crippen LogP contribution in [0.1, 0.15) is 36.0 Å². The Labute approximate surface area is 89.9 Å². The quantitative estimate of drug-likeness (QED) is 0.810. The molecule has 1 atom stereocenters. The first-order valence-electron chi connectivity index (χ1n) is 5.34. The maximum absolute atomic E-state index is 6.13. The zero-order valence-corrected chi connectivity index (χ0v) is 9.25. The molecule has 1 aliphatic heterocycles. The van der Waals surface area contributed by atoms with Crippen LogP contribution in [-0.4, -0.2) is 6.61 Å². The highest BCUT2D eigenvalue weighted by Gasteiger charge is 2.19. The van der Waals surface area contributed by atoms with Crippen molar-refractivity contribution in [2.24, 2.45) is 5.73 Å². The van der Waals surface area contributed by atoms with Gasteiger partial charge in [-0.3, -0.25) is 0 Å². The molecule has 0 fully saturated rings. The van der Waals surface area contributed by atoms with E-state index in [0.29, 0.717) is 0 Å². The van der Waals surface area contributed by atoms with Gasteiger partial charge in [0, 0.05) is 5.56 Å². The van der Waals surface area contributed by atoms with Crippen molar-refractivity contribution < 1.29 is 9.15 Å². The highest BCUT2D eigenvalue weighted by molar-refractivity contribution is 5.29. The second-order valence-electron chi connectivity index (χ2n) is 3.94. The monoisotopic (exact) mass is 207 g/mol. The molecule has 2 heterocycles. The van der Waals surface area contributed by atoms with Gasteiger partial charge in [0.2, 0.25) is 0 Å². The van der Waals surface area contributed by atoms with Crippen LogP contribution in [-0.2, 0) is 4.74 Å². The molecule has 1 aromatic rings. The molecule has 0 radical (unpaired) electrons. The highest BCUT2D eigenvalue weighted by Crippen LogP contribution is 2.27. The number of nitrogens with two attached hydrogens (primary N) is 1. The summed E-state index contributed by atoms with van der Waals surface area (Å²) in [5.74, 6) is 2.66. The molecule has 1 unspecified atom stereocenters. The van der Waals surface area contributed by atoms with Crippen LogP contribution in [0.3, 0.4) is 0 Å². The summed E-state index contributed by atoms with van der Waals surface area (Å²) >= 11 is 0. The molecule has 2 rings (SSSR count). The first kappa shape index (κ1) is 10.3. The maximum Gasteiger partial charge on any atom is 0.113 e. The van der Waals surface area contributed by atoms with Crippen molar-refractivity contribution in [2.45, 2.75) is 32.7 Å². The molecule has 0 aromatic carbocycles. The summed E-state index contributed by atoms with van der Waals surface area (Å²) in [4.78, 5) is 0. The minimum atomic E-state index is -0.178. The van der Waals surface area contributed by atoms with E-state index in [-0.39, 0.29) is 6.04 Å². The summed E-state index contributed by atoms with van der Waals surface area (Å²) < 4.78 is 11.0. The van der Waals surface area contributed by atoms with Crippen LogP contribution in [0.25, 0.3) is 0 Å². The fourth-order valence-electron chi connectivity index (χ4n) is 1.91. The Kier molecular flexibility index (Phi) is 2.82. The Hall–Kier alpha value is -1.22. The zero-order valence-electron chi connectivity index (χ0n) is 9.25. The maximum atomic E-state index is 6.13. The molecule has 0 spiro atoms. The third kappa shape index (κ3) is 2.07. The number of hydrogen-bond donors (Lipinski definition) is 1. The molecule has 0 amide bonds. The topological polar surface area (TPSA) is 48.4 Å². The third-order valence-corrected chi connectivity index (χ3v) is 2.68. The van der Waals surface area contributed by atoms with Crippen LogP contribution in [0.4, 0.5) is 0 Å². The van der Waals surface area contributed by atoms with Gasteiger partial charge in [0.05, 0.1) is 12.6 Å². The average Bonchev–Trinajstić information content (AvgIpc) is 2.58. The van der Waals surface area contributed by atoms with Crippen molar-refractivity contribution >= 4 is 0 Å². The molecule has 2 N–H and O–H groups in total. The van der Waals surface area contributed by atoms with Gasteiger partial charge in [-0.05, 0) is 38.8 Å². The Morgan fingerprint density at radius 2 is 2.20 bits per heavy atom. The highest BCUT2D eigenvalue weighted by atomic mass is 16.5. The van der Waals surface area contributed by atoms with Gasteiger partial charge in [0.1, 0.15) is 17.3 Å². The van der Waals surface area contributed by atoms with Gasteiger partial charge in [0.25, 0.3) is 0 Å². The first-order valence-corrected chi connectivity index (χ1v) is 5.34. The predicted octanol–water partition coefficient (Wildman–Crippen LogP) is 2.59. The minimum Gasteiger partial charge on any atom is -0.496 e. The lowest BCUT2D eigenvalue weighted by Crippen LogP contribution is -2.18. The summed E-state index contributed by atoms with van der Waals surface area (Å²) in [6.45, 7) is 4.64. The van der Waals surface area contributed by atoms with E-state index in [1.807, 2.05) is 19.9 Å². The molecular formula is C12H17NO2. The lowest BCUT2D eigenvalue weighted by Gasteiger charge is -2.20. The summed E-state index contributed by atoms with van der Waals surface area (Å²) in [6.07, 6.45) is 4.22. The molecule has 0 bridgehead atoms. The van der Waals surface area contributed by atoms with E-state index < -0.39 is 0 Å². The van der Waals surface area contributed by atoms with E-state index in [1.165, 1.54) is 0 Å². The van der Waals surface area contributed by atoms with Crippen LogP contribution < -0.4 is 5.73 Å². The fraction of sp³-hybridized carbons (Fsp3) is 0.500. The number of allylic oxidation sites excluding steroid dienone is 1. The fourth-order valence-corrected chi connectivity index (χ4v) is 1.91. The number of ether oxygens (including phenoxy) is 1. The molecule has 1 aliphatic rings. The minimum absolute atomic E-state index is 0.178. The molecule has 82 valence electrons. The first-order chi connectivity index (χ1) is 7.18. The summed E-state index contributed by atoms with van der Waals surface area (Å²) in [7, 11) is 0. The van der Waals surface area contributed by atoms with Crippen LogP contribution in [0.5, 0.6) is 0 Å². The van der Waals surface area contributed by atoms with Gasteiger partial charge in [-0.2, -0.15) is 0 Å². The summed E-state index contributed by atoms with van der Waals surface area (Å²) in [5, 5.41) is 0. The Morgan fingerprint density at radius 1 is 1.40 bits per heavy atom. The van der Waals surface area contributed by atoms with Crippen molar-refractivity contribution in [1.29, 1.82) is 0 Å². The van der Waals surface area contributed by atoms with E-state index >= 15 is 0 Å². The van der Waals surface area contributed by atoms with E-state index in [0.717, 1.165) is 42.3 Å². The number of furan rings is 1. The lowest BCUT2D eigenvalue weighted by atomic mass is 10.0. The van der Waals surface area contributed by atoms with Gasteiger partial charge in [0.15, 0.2) is 0 Å². The van der Waals surface area contributed by atoms with Gasteiger partial charge >= 0.3 is 0 Å². The van der Waals surface area contributed by atoms with Gasteiger partial charge in [-0.15, -0.1) is 0 Å². The van der Waals surface area contributed by atoms with E-state index in [2.05, 4.69) is 6.08 Å². The third-order valence-electron chi connectivity index (χ3n) is 2.68. The Bertz CT molecular complexity index is 379. The van der Waals surface area contributed by atoms with E-state index in [9.17, 15) is 0 Å². The molecule has 0 saturated carbocycles. The van der Waals surface area contributed by atoms with Crippen molar-refractivity contribution in [3.05, 3.63) is 35.0 Å². The van der Waals surface area contributed by atoms with Crippen LogP contribution in [0.15, 0.2) is 22.3 Å².